The molecule has 17 heavy (non-hydrogen) atoms. The molecule has 0 fully saturated rings. The van der Waals surface area contributed by atoms with E-state index in [-0.39, 0.29) is 0 Å². The normalized spacial score (nSPS) is 10.9. The van der Waals surface area contributed by atoms with Crippen LogP contribution in [0.2, 0.25) is 10.0 Å². The van der Waals surface area contributed by atoms with E-state index in [9.17, 15) is 0 Å². The zero-order valence-corrected chi connectivity index (χ0v) is 10.3. The fourth-order valence-electron chi connectivity index (χ4n) is 1.75. The molecule has 1 aromatic heterocycles. The molecule has 0 aliphatic heterocycles. The first kappa shape index (κ1) is 10.6. The van der Waals surface area contributed by atoms with Crippen LogP contribution in [0.25, 0.3) is 22.4 Å². The molecule has 2 nitrogen and oxygen atoms in total. The van der Waals surface area contributed by atoms with Crippen molar-refractivity contribution in [1.29, 1.82) is 0 Å². The standard InChI is InChI=1S/C13H8Cl2N2/c14-9-6-7-10-12(11(9)15)17-13(16-10)8-4-2-1-3-5-8/h1-7H,(H,16,17). The molecule has 1 N–H and O–H groups in total. The summed E-state index contributed by atoms with van der Waals surface area (Å²) >= 11 is 12.1. The molecule has 0 aliphatic rings. The number of hydrogen-bond acceptors (Lipinski definition) is 1. The van der Waals surface area contributed by atoms with Gasteiger partial charge in [-0.05, 0) is 12.1 Å². The van der Waals surface area contributed by atoms with E-state index in [1.54, 1.807) is 6.07 Å². The highest BCUT2D eigenvalue weighted by molar-refractivity contribution is 6.44. The van der Waals surface area contributed by atoms with Gasteiger partial charge in [0.05, 0.1) is 15.6 Å². The quantitative estimate of drug-likeness (QED) is 0.686. The first-order valence-corrected chi connectivity index (χ1v) is 5.90. The summed E-state index contributed by atoms with van der Waals surface area (Å²) in [7, 11) is 0. The molecule has 1 heterocycles. The molecule has 4 heteroatoms. The fourth-order valence-corrected chi connectivity index (χ4v) is 2.11. The van der Waals surface area contributed by atoms with Crippen molar-refractivity contribution in [2.45, 2.75) is 0 Å². The first-order valence-electron chi connectivity index (χ1n) is 5.15. The average molecular weight is 263 g/mol. The zero-order valence-electron chi connectivity index (χ0n) is 8.74. The van der Waals surface area contributed by atoms with Crippen LogP contribution in [0.4, 0.5) is 0 Å². The van der Waals surface area contributed by atoms with Crippen LogP contribution in [0.15, 0.2) is 42.5 Å². The third-order valence-electron chi connectivity index (χ3n) is 2.59. The SMILES string of the molecule is Clc1ccc2[nH]c(-c3ccccc3)nc2c1Cl. The Morgan fingerprint density at radius 1 is 0.941 bits per heavy atom. The van der Waals surface area contributed by atoms with Gasteiger partial charge in [-0.25, -0.2) is 4.98 Å². The highest BCUT2D eigenvalue weighted by Gasteiger charge is 2.10. The molecule has 0 unspecified atom stereocenters. The van der Waals surface area contributed by atoms with Crippen molar-refractivity contribution < 1.29 is 0 Å². The number of hydrogen-bond donors (Lipinski definition) is 1. The van der Waals surface area contributed by atoms with E-state index < -0.39 is 0 Å². The number of nitrogens with zero attached hydrogens (tertiary/aromatic N) is 1. The summed E-state index contributed by atoms with van der Waals surface area (Å²) in [6, 6.07) is 13.5. The smallest absolute Gasteiger partial charge is 0.138 e. The second kappa shape index (κ2) is 4.06. The number of fused-ring (bicyclic) bond motifs is 1. The Morgan fingerprint density at radius 3 is 2.47 bits per heavy atom. The molecular formula is C13H8Cl2N2. The lowest BCUT2D eigenvalue weighted by molar-refractivity contribution is 1.34. The Balaban J connectivity index is 2.24. The van der Waals surface area contributed by atoms with Crippen LogP contribution in [0.5, 0.6) is 0 Å². The van der Waals surface area contributed by atoms with Crippen LogP contribution in [-0.4, -0.2) is 9.97 Å². The van der Waals surface area contributed by atoms with Gasteiger partial charge in [-0.3, -0.25) is 0 Å². The number of nitrogens with one attached hydrogen (secondary N) is 1. The number of benzene rings is 2. The fraction of sp³-hybridized carbons (Fsp3) is 0. The summed E-state index contributed by atoms with van der Waals surface area (Å²) in [6.07, 6.45) is 0. The van der Waals surface area contributed by atoms with Crippen molar-refractivity contribution in [3.8, 4) is 11.4 Å². The topological polar surface area (TPSA) is 28.7 Å². The van der Waals surface area contributed by atoms with Crippen molar-refractivity contribution in [2.75, 3.05) is 0 Å². The molecule has 0 saturated heterocycles. The summed E-state index contributed by atoms with van der Waals surface area (Å²) in [5.74, 6) is 0.796. The maximum Gasteiger partial charge on any atom is 0.138 e. The summed E-state index contributed by atoms with van der Waals surface area (Å²) < 4.78 is 0. The molecule has 0 amide bonds. The van der Waals surface area contributed by atoms with Crippen LogP contribution in [0, 0.1) is 0 Å². The van der Waals surface area contributed by atoms with E-state index in [2.05, 4.69) is 9.97 Å². The number of rotatable bonds is 1. The summed E-state index contributed by atoms with van der Waals surface area (Å²) in [5.41, 5.74) is 2.62. The molecule has 0 aliphatic carbocycles. The lowest BCUT2D eigenvalue weighted by atomic mass is 10.2. The van der Waals surface area contributed by atoms with Gasteiger partial charge in [-0.2, -0.15) is 0 Å². The van der Waals surface area contributed by atoms with Gasteiger partial charge in [0.15, 0.2) is 0 Å². The Hall–Kier alpha value is -1.51. The van der Waals surface area contributed by atoms with Gasteiger partial charge in [0.25, 0.3) is 0 Å². The monoisotopic (exact) mass is 262 g/mol. The van der Waals surface area contributed by atoms with E-state index in [4.69, 9.17) is 23.2 Å². The van der Waals surface area contributed by atoms with E-state index in [1.165, 1.54) is 0 Å². The molecule has 3 rings (SSSR count). The highest BCUT2D eigenvalue weighted by Crippen LogP contribution is 2.31. The van der Waals surface area contributed by atoms with Crippen molar-refractivity contribution in [3.63, 3.8) is 0 Å². The largest absolute Gasteiger partial charge is 0.338 e. The third kappa shape index (κ3) is 1.79. The lowest BCUT2D eigenvalue weighted by Crippen LogP contribution is -1.78. The molecule has 84 valence electrons. The Labute approximate surface area is 108 Å². The predicted octanol–water partition coefficient (Wildman–Crippen LogP) is 4.54. The molecule has 0 bridgehead atoms. The minimum atomic E-state index is 0.489. The summed E-state index contributed by atoms with van der Waals surface area (Å²) in [4.78, 5) is 7.70. The summed E-state index contributed by atoms with van der Waals surface area (Å²) in [5, 5.41) is 1.01. The zero-order chi connectivity index (χ0) is 11.8. The number of H-pyrrole nitrogens is 1. The van der Waals surface area contributed by atoms with Crippen LogP contribution >= 0.6 is 23.2 Å². The number of imidazole rings is 1. The maximum atomic E-state index is 6.11. The van der Waals surface area contributed by atoms with Crippen LogP contribution < -0.4 is 0 Å². The summed E-state index contributed by atoms with van der Waals surface area (Å²) in [6.45, 7) is 0. The van der Waals surface area contributed by atoms with Gasteiger partial charge in [0, 0.05) is 5.56 Å². The maximum absolute atomic E-state index is 6.11. The first-order chi connectivity index (χ1) is 8.25. The lowest BCUT2D eigenvalue weighted by Gasteiger charge is -1.93. The molecule has 0 atom stereocenters. The number of aromatic nitrogens is 2. The van der Waals surface area contributed by atoms with Crippen molar-refractivity contribution in [3.05, 3.63) is 52.5 Å². The Morgan fingerprint density at radius 2 is 1.71 bits per heavy atom. The van der Waals surface area contributed by atoms with E-state index >= 15 is 0 Å². The van der Waals surface area contributed by atoms with Crippen molar-refractivity contribution in [2.24, 2.45) is 0 Å². The van der Waals surface area contributed by atoms with Crippen LogP contribution in [-0.2, 0) is 0 Å². The van der Waals surface area contributed by atoms with E-state index in [0.29, 0.717) is 15.6 Å². The number of aromatic amines is 1. The molecule has 0 saturated carbocycles. The second-order valence-corrected chi connectivity index (χ2v) is 4.49. The third-order valence-corrected chi connectivity index (χ3v) is 3.39. The Kier molecular flexibility index (Phi) is 2.54. The van der Waals surface area contributed by atoms with Gasteiger partial charge >= 0.3 is 0 Å². The van der Waals surface area contributed by atoms with E-state index in [0.717, 1.165) is 16.9 Å². The molecule has 3 aromatic rings. The van der Waals surface area contributed by atoms with Gasteiger partial charge in [0.1, 0.15) is 11.3 Å². The molecule has 0 spiro atoms. The van der Waals surface area contributed by atoms with Crippen LogP contribution in [0.3, 0.4) is 0 Å². The van der Waals surface area contributed by atoms with Crippen molar-refractivity contribution in [1.82, 2.24) is 9.97 Å². The van der Waals surface area contributed by atoms with Gasteiger partial charge in [0.2, 0.25) is 0 Å². The molecular weight excluding hydrogens is 255 g/mol. The average Bonchev–Trinajstić information content (AvgIpc) is 2.80. The molecule has 0 radical (unpaired) electrons. The number of halogens is 2. The highest BCUT2D eigenvalue weighted by atomic mass is 35.5. The predicted molar refractivity (Wildman–Crippen MR) is 71.5 cm³/mol. The second-order valence-electron chi connectivity index (χ2n) is 3.71. The minimum absolute atomic E-state index is 0.489. The van der Waals surface area contributed by atoms with Gasteiger partial charge in [-0.1, -0.05) is 53.5 Å². The van der Waals surface area contributed by atoms with Gasteiger partial charge in [-0.15, -0.1) is 0 Å². The molecule has 2 aromatic carbocycles. The van der Waals surface area contributed by atoms with Crippen molar-refractivity contribution >= 4 is 34.2 Å². The van der Waals surface area contributed by atoms with Crippen LogP contribution in [0.1, 0.15) is 0 Å². The Bertz CT molecular complexity index is 674. The van der Waals surface area contributed by atoms with Gasteiger partial charge < -0.3 is 4.98 Å². The van der Waals surface area contributed by atoms with E-state index in [1.807, 2.05) is 36.4 Å². The minimum Gasteiger partial charge on any atom is -0.338 e.